The van der Waals surface area contributed by atoms with Crippen molar-refractivity contribution in [1.29, 1.82) is 0 Å². The third kappa shape index (κ3) is 5.16. The minimum absolute atomic E-state index is 0.0579. The first-order chi connectivity index (χ1) is 13.4. The van der Waals surface area contributed by atoms with Crippen LogP contribution in [0.5, 0.6) is 0 Å². The van der Waals surface area contributed by atoms with Crippen LogP contribution < -0.4 is 0 Å². The summed E-state index contributed by atoms with van der Waals surface area (Å²) in [6.07, 6.45) is 1.76. The largest absolute Gasteiger partial charge is 0.478 e. The minimum Gasteiger partial charge on any atom is -0.478 e. The zero-order chi connectivity index (χ0) is 20.1. The molecular weight excluding hydrogens is 359 g/mol. The standard InChI is InChI=1S/C22H25FN2O3/c1-24(14-19-4-2-3-5-20(19)23)15-21(26)25-11-10-17(13-25)12-16-6-8-18(9-7-16)22(27)28/h2-9,17H,10-15H2,1H3,(H,27,28). The van der Waals surface area contributed by atoms with Crippen molar-refractivity contribution in [2.24, 2.45) is 5.92 Å². The lowest BCUT2D eigenvalue weighted by atomic mass is 9.98. The second-order valence-corrected chi connectivity index (χ2v) is 7.46. The lowest BCUT2D eigenvalue weighted by molar-refractivity contribution is -0.131. The third-order valence-electron chi connectivity index (χ3n) is 5.17. The number of carbonyl (C=O) groups is 2. The molecule has 0 saturated carbocycles. The van der Waals surface area contributed by atoms with Crippen molar-refractivity contribution in [3.05, 3.63) is 71.0 Å². The van der Waals surface area contributed by atoms with E-state index in [4.69, 9.17) is 5.11 Å². The summed E-state index contributed by atoms with van der Waals surface area (Å²) >= 11 is 0. The smallest absolute Gasteiger partial charge is 0.335 e. The van der Waals surface area contributed by atoms with Crippen molar-refractivity contribution in [3.63, 3.8) is 0 Å². The van der Waals surface area contributed by atoms with Crippen molar-refractivity contribution >= 4 is 11.9 Å². The van der Waals surface area contributed by atoms with E-state index in [9.17, 15) is 14.0 Å². The van der Waals surface area contributed by atoms with E-state index in [1.165, 1.54) is 6.07 Å². The van der Waals surface area contributed by atoms with Crippen LogP contribution in [0.4, 0.5) is 4.39 Å². The van der Waals surface area contributed by atoms with Gasteiger partial charge in [0.15, 0.2) is 0 Å². The Morgan fingerprint density at radius 1 is 1.18 bits per heavy atom. The van der Waals surface area contributed by atoms with Crippen LogP contribution in [0.2, 0.25) is 0 Å². The molecule has 1 amide bonds. The molecular formula is C22H25FN2O3. The monoisotopic (exact) mass is 384 g/mol. The van der Waals surface area contributed by atoms with Gasteiger partial charge in [-0.3, -0.25) is 9.69 Å². The van der Waals surface area contributed by atoms with Gasteiger partial charge in [-0.15, -0.1) is 0 Å². The highest BCUT2D eigenvalue weighted by molar-refractivity contribution is 5.87. The number of aromatic carboxylic acids is 1. The maximum atomic E-state index is 13.8. The van der Waals surface area contributed by atoms with Crippen LogP contribution in [0.3, 0.4) is 0 Å². The van der Waals surface area contributed by atoms with Crippen LogP contribution in [0.25, 0.3) is 0 Å². The summed E-state index contributed by atoms with van der Waals surface area (Å²) in [6.45, 7) is 2.08. The number of likely N-dealkylation sites (N-methyl/N-ethyl adjacent to an activating group) is 1. The van der Waals surface area contributed by atoms with Crippen LogP contribution in [0.15, 0.2) is 48.5 Å². The van der Waals surface area contributed by atoms with Crippen LogP contribution in [0, 0.1) is 11.7 Å². The number of carboxylic acids is 1. The molecule has 6 heteroatoms. The molecule has 1 atom stereocenters. The lowest BCUT2D eigenvalue weighted by Gasteiger charge is -2.22. The van der Waals surface area contributed by atoms with E-state index < -0.39 is 5.97 Å². The Labute approximate surface area is 164 Å². The zero-order valence-electron chi connectivity index (χ0n) is 16.0. The van der Waals surface area contributed by atoms with Gasteiger partial charge in [0.1, 0.15) is 5.82 Å². The Kier molecular flexibility index (Phi) is 6.41. The fourth-order valence-electron chi connectivity index (χ4n) is 3.65. The van der Waals surface area contributed by atoms with Crippen LogP contribution in [0.1, 0.15) is 27.9 Å². The number of amides is 1. The van der Waals surface area contributed by atoms with Crippen LogP contribution in [-0.2, 0) is 17.8 Å². The number of carbonyl (C=O) groups excluding carboxylic acids is 1. The van der Waals surface area contributed by atoms with Gasteiger partial charge in [-0.05, 0) is 49.6 Å². The molecule has 0 radical (unpaired) electrons. The van der Waals surface area contributed by atoms with Gasteiger partial charge in [0.25, 0.3) is 0 Å². The predicted molar refractivity (Wildman–Crippen MR) is 105 cm³/mol. The normalized spacial score (nSPS) is 16.5. The molecule has 0 aliphatic carbocycles. The SMILES string of the molecule is CN(CC(=O)N1CCC(Cc2ccc(C(=O)O)cc2)C1)Cc1ccccc1F. The van der Waals surface area contributed by atoms with E-state index >= 15 is 0 Å². The maximum absolute atomic E-state index is 13.8. The number of carboxylic acid groups (broad SMARTS) is 1. The quantitative estimate of drug-likeness (QED) is 0.797. The summed E-state index contributed by atoms with van der Waals surface area (Å²) in [6, 6.07) is 13.5. The van der Waals surface area contributed by atoms with Gasteiger partial charge in [0, 0.05) is 25.2 Å². The summed E-state index contributed by atoms with van der Waals surface area (Å²) < 4.78 is 13.8. The van der Waals surface area contributed by atoms with Crippen LogP contribution >= 0.6 is 0 Å². The first kappa shape index (κ1) is 20.0. The molecule has 0 bridgehead atoms. The van der Waals surface area contributed by atoms with E-state index in [1.54, 1.807) is 30.3 Å². The average Bonchev–Trinajstić information content (AvgIpc) is 3.13. The van der Waals surface area contributed by atoms with Crippen molar-refractivity contribution in [2.75, 3.05) is 26.7 Å². The Morgan fingerprint density at radius 2 is 1.89 bits per heavy atom. The van der Waals surface area contributed by atoms with Crippen molar-refractivity contribution in [1.82, 2.24) is 9.80 Å². The number of rotatable bonds is 7. The number of likely N-dealkylation sites (tertiary alicyclic amines) is 1. The van der Waals surface area contributed by atoms with E-state index in [1.807, 2.05) is 29.0 Å². The van der Waals surface area contributed by atoms with Crippen molar-refractivity contribution < 1.29 is 19.1 Å². The average molecular weight is 384 g/mol. The lowest BCUT2D eigenvalue weighted by Crippen LogP contribution is -2.37. The second kappa shape index (κ2) is 8.97. The summed E-state index contributed by atoms with van der Waals surface area (Å²) in [5, 5.41) is 8.97. The second-order valence-electron chi connectivity index (χ2n) is 7.46. The summed E-state index contributed by atoms with van der Waals surface area (Å²) in [5.41, 5.74) is 1.95. The molecule has 148 valence electrons. The number of hydrogen-bond acceptors (Lipinski definition) is 3. The molecule has 0 aromatic heterocycles. The van der Waals surface area contributed by atoms with Crippen LogP contribution in [-0.4, -0.2) is 53.5 Å². The van der Waals surface area contributed by atoms with E-state index in [2.05, 4.69) is 0 Å². The zero-order valence-corrected chi connectivity index (χ0v) is 16.0. The fraction of sp³-hybridized carbons (Fsp3) is 0.364. The summed E-state index contributed by atoms with van der Waals surface area (Å²) in [4.78, 5) is 27.2. The van der Waals surface area contributed by atoms with Gasteiger partial charge in [-0.2, -0.15) is 0 Å². The van der Waals surface area contributed by atoms with E-state index in [-0.39, 0.29) is 23.8 Å². The first-order valence-corrected chi connectivity index (χ1v) is 9.44. The summed E-state index contributed by atoms with van der Waals surface area (Å²) in [7, 11) is 1.82. The predicted octanol–water partition coefficient (Wildman–Crippen LogP) is 3.05. The van der Waals surface area contributed by atoms with Gasteiger partial charge >= 0.3 is 5.97 Å². The third-order valence-corrected chi connectivity index (χ3v) is 5.17. The first-order valence-electron chi connectivity index (χ1n) is 9.44. The van der Waals surface area contributed by atoms with Gasteiger partial charge < -0.3 is 10.0 Å². The molecule has 1 aliphatic rings. The van der Waals surface area contributed by atoms with Crippen molar-refractivity contribution in [2.45, 2.75) is 19.4 Å². The highest BCUT2D eigenvalue weighted by Gasteiger charge is 2.27. The van der Waals surface area contributed by atoms with E-state index in [0.717, 1.165) is 24.9 Å². The van der Waals surface area contributed by atoms with E-state index in [0.29, 0.717) is 24.6 Å². The Hall–Kier alpha value is -2.73. The maximum Gasteiger partial charge on any atom is 0.335 e. The number of hydrogen-bond donors (Lipinski definition) is 1. The van der Waals surface area contributed by atoms with Gasteiger partial charge in [0.05, 0.1) is 12.1 Å². The Bertz CT molecular complexity index is 838. The molecule has 28 heavy (non-hydrogen) atoms. The number of nitrogens with zero attached hydrogens (tertiary/aromatic N) is 2. The molecule has 1 fully saturated rings. The van der Waals surface area contributed by atoms with Gasteiger partial charge in [0.2, 0.25) is 5.91 Å². The number of benzene rings is 2. The molecule has 0 spiro atoms. The molecule has 2 aromatic carbocycles. The summed E-state index contributed by atoms with van der Waals surface area (Å²) in [5.74, 6) is -0.750. The van der Waals surface area contributed by atoms with Crippen molar-refractivity contribution in [3.8, 4) is 0 Å². The molecule has 1 N–H and O–H groups in total. The molecule has 1 saturated heterocycles. The Morgan fingerprint density at radius 3 is 2.57 bits per heavy atom. The molecule has 2 aromatic rings. The topological polar surface area (TPSA) is 60.9 Å². The molecule has 1 unspecified atom stereocenters. The molecule has 1 heterocycles. The highest BCUT2D eigenvalue weighted by atomic mass is 19.1. The number of halogens is 1. The minimum atomic E-state index is -0.927. The molecule has 1 aliphatic heterocycles. The molecule has 3 rings (SSSR count). The Balaban J connectivity index is 1.48. The van der Waals surface area contributed by atoms with Gasteiger partial charge in [-0.1, -0.05) is 30.3 Å². The highest BCUT2D eigenvalue weighted by Crippen LogP contribution is 2.21. The fourth-order valence-corrected chi connectivity index (χ4v) is 3.65. The molecule has 5 nitrogen and oxygen atoms in total. The van der Waals surface area contributed by atoms with Gasteiger partial charge in [-0.25, -0.2) is 9.18 Å².